The normalized spacial score (nSPS) is 10.3. The van der Waals surface area contributed by atoms with Crippen LogP contribution >= 0.6 is 0 Å². The van der Waals surface area contributed by atoms with Crippen molar-refractivity contribution in [2.24, 2.45) is 0 Å². The number of rotatable bonds is 2. The maximum Gasteiger partial charge on any atom is 0.255 e. The topological polar surface area (TPSA) is 42.0 Å². The number of nitrogens with one attached hydrogen (secondary N) is 1. The molecule has 0 aliphatic heterocycles. The zero-order valence-corrected chi connectivity index (χ0v) is 11.1. The third-order valence-electron chi connectivity index (χ3n) is 2.85. The minimum absolute atomic E-state index is 0.291. The number of pyridine rings is 1. The molecule has 0 bridgehead atoms. The van der Waals surface area contributed by atoms with Gasteiger partial charge in [0.2, 0.25) is 0 Å². The third kappa shape index (κ3) is 2.96. The van der Waals surface area contributed by atoms with Crippen LogP contribution in [-0.2, 0) is 0 Å². The van der Waals surface area contributed by atoms with Crippen molar-refractivity contribution in [3.05, 3.63) is 58.7 Å². The Morgan fingerprint density at radius 3 is 2.58 bits per heavy atom. The fourth-order valence-electron chi connectivity index (χ4n) is 2.03. The standard InChI is InChI=1S/C15H15FN2O/c1-9-7-10(2)17-11(3)14(9)18-15(19)12-5-4-6-13(16)8-12/h4-8H,1-3H3,(H,18,19). The second kappa shape index (κ2) is 5.18. The highest BCUT2D eigenvalue weighted by molar-refractivity contribution is 6.04. The van der Waals surface area contributed by atoms with Crippen molar-refractivity contribution in [1.82, 2.24) is 4.98 Å². The molecule has 1 aromatic carbocycles. The number of anilines is 1. The summed E-state index contributed by atoms with van der Waals surface area (Å²) < 4.78 is 13.1. The van der Waals surface area contributed by atoms with Gasteiger partial charge in [-0.15, -0.1) is 0 Å². The molecule has 0 spiro atoms. The summed E-state index contributed by atoms with van der Waals surface area (Å²) in [5, 5.41) is 2.78. The van der Waals surface area contributed by atoms with E-state index in [1.54, 1.807) is 6.07 Å². The van der Waals surface area contributed by atoms with Gasteiger partial charge < -0.3 is 5.32 Å². The van der Waals surface area contributed by atoms with Crippen LogP contribution in [-0.4, -0.2) is 10.9 Å². The van der Waals surface area contributed by atoms with E-state index >= 15 is 0 Å². The molecule has 4 heteroatoms. The smallest absolute Gasteiger partial charge is 0.255 e. The molecule has 1 heterocycles. The molecule has 0 saturated carbocycles. The largest absolute Gasteiger partial charge is 0.320 e. The maximum absolute atomic E-state index is 13.1. The Bertz CT molecular complexity index is 615. The number of benzene rings is 1. The summed E-state index contributed by atoms with van der Waals surface area (Å²) in [4.78, 5) is 16.4. The van der Waals surface area contributed by atoms with E-state index < -0.39 is 5.82 Å². The van der Waals surface area contributed by atoms with Crippen LogP contribution < -0.4 is 5.32 Å². The molecular formula is C15H15FN2O. The SMILES string of the molecule is Cc1cc(C)c(NC(=O)c2cccc(F)c2)c(C)n1. The molecule has 19 heavy (non-hydrogen) atoms. The first-order valence-corrected chi connectivity index (χ1v) is 5.99. The van der Waals surface area contributed by atoms with Crippen LogP contribution in [0.2, 0.25) is 0 Å². The summed E-state index contributed by atoms with van der Waals surface area (Å²) in [6.07, 6.45) is 0. The van der Waals surface area contributed by atoms with E-state index in [9.17, 15) is 9.18 Å². The average Bonchev–Trinajstić information content (AvgIpc) is 2.33. The lowest BCUT2D eigenvalue weighted by Crippen LogP contribution is -2.14. The lowest BCUT2D eigenvalue weighted by Gasteiger charge is -2.12. The van der Waals surface area contributed by atoms with Crippen LogP contribution in [0.5, 0.6) is 0 Å². The fourth-order valence-corrected chi connectivity index (χ4v) is 2.03. The Morgan fingerprint density at radius 1 is 1.21 bits per heavy atom. The van der Waals surface area contributed by atoms with E-state index in [2.05, 4.69) is 10.3 Å². The summed E-state index contributed by atoms with van der Waals surface area (Å²) in [6, 6.07) is 7.50. The number of hydrogen-bond acceptors (Lipinski definition) is 2. The third-order valence-corrected chi connectivity index (χ3v) is 2.85. The summed E-state index contributed by atoms with van der Waals surface area (Å²) in [5.41, 5.74) is 3.56. The molecule has 1 N–H and O–H groups in total. The summed E-state index contributed by atoms with van der Waals surface area (Å²) in [6.45, 7) is 5.64. The first-order chi connectivity index (χ1) is 8.97. The molecule has 2 aromatic rings. The Morgan fingerprint density at radius 2 is 1.95 bits per heavy atom. The van der Waals surface area contributed by atoms with Crippen LogP contribution in [0.25, 0.3) is 0 Å². The summed E-state index contributed by atoms with van der Waals surface area (Å²) >= 11 is 0. The van der Waals surface area contributed by atoms with Crippen molar-refractivity contribution in [2.45, 2.75) is 20.8 Å². The highest BCUT2D eigenvalue weighted by Crippen LogP contribution is 2.20. The van der Waals surface area contributed by atoms with Gasteiger partial charge in [0.05, 0.1) is 11.4 Å². The van der Waals surface area contributed by atoms with Crippen molar-refractivity contribution in [3.8, 4) is 0 Å². The minimum Gasteiger partial charge on any atom is -0.320 e. The van der Waals surface area contributed by atoms with Gasteiger partial charge >= 0.3 is 0 Å². The van der Waals surface area contributed by atoms with E-state index in [4.69, 9.17) is 0 Å². The second-order valence-corrected chi connectivity index (χ2v) is 4.51. The van der Waals surface area contributed by atoms with Crippen LogP contribution in [0.4, 0.5) is 10.1 Å². The van der Waals surface area contributed by atoms with Gasteiger partial charge in [0.25, 0.3) is 5.91 Å². The van der Waals surface area contributed by atoms with Crippen molar-refractivity contribution >= 4 is 11.6 Å². The Balaban J connectivity index is 2.29. The molecule has 0 unspecified atom stereocenters. The molecule has 3 nitrogen and oxygen atoms in total. The molecule has 0 aliphatic rings. The quantitative estimate of drug-likeness (QED) is 0.897. The number of aromatic nitrogens is 1. The van der Waals surface area contributed by atoms with Gasteiger partial charge in [-0.1, -0.05) is 6.07 Å². The molecule has 0 radical (unpaired) electrons. The Labute approximate surface area is 111 Å². The van der Waals surface area contributed by atoms with Gasteiger partial charge in [0.15, 0.2) is 0 Å². The van der Waals surface area contributed by atoms with Crippen molar-refractivity contribution in [1.29, 1.82) is 0 Å². The van der Waals surface area contributed by atoms with Crippen LogP contribution in [0.1, 0.15) is 27.3 Å². The second-order valence-electron chi connectivity index (χ2n) is 4.51. The van der Waals surface area contributed by atoms with Crippen LogP contribution in [0, 0.1) is 26.6 Å². The number of halogens is 1. The zero-order chi connectivity index (χ0) is 14.0. The van der Waals surface area contributed by atoms with Crippen LogP contribution in [0.3, 0.4) is 0 Å². The maximum atomic E-state index is 13.1. The summed E-state index contributed by atoms with van der Waals surface area (Å²) in [7, 11) is 0. The molecular weight excluding hydrogens is 243 g/mol. The van der Waals surface area contributed by atoms with Crippen LogP contribution in [0.15, 0.2) is 30.3 Å². The number of nitrogens with zero attached hydrogens (tertiary/aromatic N) is 1. The molecule has 0 saturated heterocycles. The van der Waals surface area contributed by atoms with Gasteiger partial charge in [0, 0.05) is 11.3 Å². The lowest BCUT2D eigenvalue weighted by atomic mass is 10.1. The predicted octanol–water partition coefficient (Wildman–Crippen LogP) is 3.40. The highest BCUT2D eigenvalue weighted by atomic mass is 19.1. The Kier molecular flexibility index (Phi) is 3.60. The lowest BCUT2D eigenvalue weighted by molar-refractivity contribution is 0.102. The minimum atomic E-state index is -0.428. The molecule has 1 amide bonds. The van der Waals surface area contributed by atoms with E-state index in [0.717, 1.165) is 17.0 Å². The average molecular weight is 258 g/mol. The molecule has 0 atom stereocenters. The Hall–Kier alpha value is -2.23. The molecule has 2 rings (SSSR count). The number of aryl methyl sites for hydroxylation is 3. The first-order valence-electron chi connectivity index (χ1n) is 5.99. The number of carbonyl (C=O) groups excluding carboxylic acids is 1. The molecule has 0 aliphatic carbocycles. The fraction of sp³-hybridized carbons (Fsp3) is 0.200. The predicted molar refractivity (Wildman–Crippen MR) is 72.8 cm³/mol. The van der Waals surface area contributed by atoms with Crippen molar-refractivity contribution in [2.75, 3.05) is 5.32 Å². The molecule has 1 aromatic heterocycles. The van der Waals surface area contributed by atoms with Crippen molar-refractivity contribution < 1.29 is 9.18 Å². The van der Waals surface area contributed by atoms with Crippen molar-refractivity contribution in [3.63, 3.8) is 0 Å². The zero-order valence-electron chi connectivity index (χ0n) is 11.1. The van der Waals surface area contributed by atoms with Gasteiger partial charge in [-0.2, -0.15) is 0 Å². The van der Waals surface area contributed by atoms with Gasteiger partial charge in [0.1, 0.15) is 5.82 Å². The monoisotopic (exact) mass is 258 g/mol. The first kappa shape index (κ1) is 13.2. The van der Waals surface area contributed by atoms with Gasteiger partial charge in [-0.3, -0.25) is 9.78 Å². The molecule has 0 fully saturated rings. The molecule has 98 valence electrons. The highest BCUT2D eigenvalue weighted by Gasteiger charge is 2.11. The van der Waals surface area contributed by atoms with E-state index in [0.29, 0.717) is 11.3 Å². The van der Waals surface area contributed by atoms with Gasteiger partial charge in [-0.05, 0) is 50.6 Å². The number of amides is 1. The van der Waals surface area contributed by atoms with Gasteiger partial charge in [-0.25, -0.2) is 4.39 Å². The van der Waals surface area contributed by atoms with E-state index in [-0.39, 0.29) is 5.91 Å². The van der Waals surface area contributed by atoms with E-state index in [1.165, 1.54) is 18.2 Å². The summed E-state index contributed by atoms with van der Waals surface area (Å²) in [5.74, 6) is -0.764. The number of carbonyl (C=O) groups is 1. The van der Waals surface area contributed by atoms with E-state index in [1.807, 2.05) is 26.8 Å². The number of hydrogen-bond donors (Lipinski definition) is 1.